The second-order valence-electron chi connectivity index (χ2n) is 7.88. The number of carboxylic acid groups (broad SMARTS) is 1. The van der Waals surface area contributed by atoms with Crippen LogP contribution in [-0.2, 0) is 6.54 Å². The molecule has 2 aromatic carbocycles. The van der Waals surface area contributed by atoms with Gasteiger partial charge >= 0.3 is 6.09 Å². The average molecular weight is 402 g/mol. The smallest absolute Gasteiger partial charge is 0.407 e. The number of benzene rings is 2. The van der Waals surface area contributed by atoms with E-state index in [0.29, 0.717) is 12.6 Å². The van der Waals surface area contributed by atoms with Gasteiger partial charge in [-0.05, 0) is 37.3 Å². The zero-order chi connectivity index (χ0) is 20.9. The Morgan fingerprint density at radius 2 is 1.87 bits per heavy atom. The van der Waals surface area contributed by atoms with Gasteiger partial charge in [-0.1, -0.05) is 55.1 Å². The summed E-state index contributed by atoms with van der Waals surface area (Å²) in [7, 11) is 0. The van der Waals surface area contributed by atoms with E-state index in [2.05, 4.69) is 29.0 Å². The topological polar surface area (TPSA) is 65.5 Å². The normalized spacial score (nSPS) is 18.7. The molecule has 0 saturated heterocycles. The maximum atomic E-state index is 11.9. The standard InChI is InChI=1S/C25H27N3O2/c1-2-19-15-26-16-20-9-6-10-23(24(19)20)27-21-11-13-22(14-12-21)28(25(29)30)17-18-7-4-3-5-8-18/h2-10,15-16,21-22,27H,1,11-14,17H2,(H,29,30). The Bertz CT molecular complexity index is 1020. The minimum absolute atomic E-state index is 0.0567. The highest BCUT2D eigenvalue weighted by Gasteiger charge is 2.29. The Morgan fingerprint density at radius 3 is 2.57 bits per heavy atom. The van der Waals surface area contributed by atoms with Crippen molar-refractivity contribution in [2.24, 2.45) is 0 Å². The van der Waals surface area contributed by atoms with Crippen LogP contribution in [0.25, 0.3) is 16.8 Å². The Labute approximate surface area is 177 Å². The molecule has 2 N–H and O–H groups in total. The molecular formula is C25H27N3O2. The van der Waals surface area contributed by atoms with Crippen molar-refractivity contribution in [2.75, 3.05) is 5.32 Å². The number of anilines is 1. The molecule has 1 aromatic heterocycles. The van der Waals surface area contributed by atoms with Gasteiger partial charge in [0.25, 0.3) is 0 Å². The SMILES string of the molecule is C=Cc1cncc2cccc(NC3CCC(N(Cc4ccccc4)C(=O)O)CC3)c12. The van der Waals surface area contributed by atoms with Crippen LogP contribution in [0.3, 0.4) is 0 Å². The molecule has 30 heavy (non-hydrogen) atoms. The van der Waals surface area contributed by atoms with Crippen LogP contribution in [0.15, 0.2) is 67.5 Å². The molecule has 0 aliphatic heterocycles. The third-order valence-electron chi connectivity index (χ3n) is 5.97. The first kappa shape index (κ1) is 20.0. The molecule has 1 aliphatic rings. The Balaban J connectivity index is 1.44. The second-order valence-corrected chi connectivity index (χ2v) is 7.88. The number of hydrogen-bond donors (Lipinski definition) is 2. The van der Waals surface area contributed by atoms with E-state index >= 15 is 0 Å². The van der Waals surface area contributed by atoms with Gasteiger partial charge in [0.15, 0.2) is 0 Å². The largest absolute Gasteiger partial charge is 0.465 e. The van der Waals surface area contributed by atoms with Gasteiger partial charge in [0.05, 0.1) is 0 Å². The zero-order valence-corrected chi connectivity index (χ0v) is 17.0. The highest BCUT2D eigenvalue weighted by molar-refractivity contribution is 5.99. The predicted molar refractivity (Wildman–Crippen MR) is 122 cm³/mol. The first-order chi connectivity index (χ1) is 14.7. The first-order valence-electron chi connectivity index (χ1n) is 10.4. The number of hydrogen-bond acceptors (Lipinski definition) is 3. The van der Waals surface area contributed by atoms with Crippen molar-refractivity contribution in [3.63, 3.8) is 0 Å². The maximum Gasteiger partial charge on any atom is 0.407 e. The number of nitrogens with one attached hydrogen (secondary N) is 1. The third-order valence-corrected chi connectivity index (χ3v) is 5.97. The molecule has 3 aromatic rings. The van der Waals surface area contributed by atoms with E-state index in [-0.39, 0.29) is 6.04 Å². The molecule has 5 heteroatoms. The third kappa shape index (κ3) is 4.30. The van der Waals surface area contributed by atoms with E-state index in [1.165, 1.54) is 0 Å². The first-order valence-corrected chi connectivity index (χ1v) is 10.4. The van der Waals surface area contributed by atoms with Crippen molar-refractivity contribution in [3.8, 4) is 0 Å². The van der Waals surface area contributed by atoms with E-state index in [9.17, 15) is 9.90 Å². The van der Waals surface area contributed by atoms with E-state index in [1.54, 1.807) is 4.90 Å². The van der Waals surface area contributed by atoms with Gasteiger partial charge in [-0.3, -0.25) is 4.98 Å². The Hall–Kier alpha value is -3.34. The van der Waals surface area contributed by atoms with Crippen LogP contribution in [-0.4, -0.2) is 33.2 Å². The van der Waals surface area contributed by atoms with Crippen molar-refractivity contribution in [3.05, 3.63) is 78.6 Å². The molecule has 0 spiro atoms. The van der Waals surface area contributed by atoms with Gasteiger partial charge < -0.3 is 15.3 Å². The minimum atomic E-state index is -0.840. The summed E-state index contributed by atoms with van der Waals surface area (Å²) >= 11 is 0. The molecule has 0 atom stereocenters. The Morgan fingerprint density at radius 1 is 1.10 bits per heavy atom. The summed E-state index contributed by atoms with van der Waals surface area (Å²) in [6.07, 6.45) is 8.31. The lowest BCUT2D eigenvalue weighted by molar-refractivity contribution is 0.105. The van der Waals surface area contributed by atoms with E-state index in [0.717, 1.165) is 53.3 Å². The Kier molecular flexibility index (Phi) is 5.98. The van der Waals surface area contributed by atoms with Gasteiger partial charge in [0.1, 0.15) is 0 Å². The molecule has 1 heterocycles. The summed E-state index contributed by atoms with van der Waals surface area (Å²) < 4.78 is 0. The summed E-state index contributed by atoms with van der Waals surface area (Å²) in [5.74, 6) is 0. The highest BCUT2D eigenvalue weighted by atomic mass is 16.4. The molecule has 0 radical (unpaired) electrons. The zero-order valence-electron chi connectivity index (χ0n) is 17.0. The number of rotatable bonds is 6. The molecule has 5 nitrogen and oxygen atoms in total. The second kappa shape index (κ2) is 8.99. The summed E-state index contributed by atoms with van der Waals surface area (Å²) in [5, 5.41) is 15.7. The molecule has 1 saturated carbocycles. The lowest BCUT2D eigenvalue weighted by atomic mass is 9.89. The van der Waals surface area contributed by atoms with E-state index in [1.807, 2.05) is 54.9 Å². The van der Waals surface area contributed by atoms with Gasteiger partial charge in [0, 0.05) is 53.0 Å². The molecule has 1 fully saturated rings. The number of aromatic nitrogens is 1. The summed E-state index contributed by atoms with van der Waals surface area (Å²) in [5.41, 5.74) is 3.14. The van der Waals surface area contributed by atoms with Gasteiger partial charge in [-0.2, -0.15) is 0 Å². The highest BCUT2D eigenvalue weighted by Crippen LogP contribution is 2.31. The number of nitrogens with zero attached hydrogens (tertiary/aromatic N) is 2. The fraction of sp³-hybridized carbons (Fsp3) is 0.280. The van der Waals surface area contributed by atoms with Crippen LogP contribution in [0.5, 0.6) is 0 Å². The molecule has 0 unspecified atom stereocenters. The van der Waals surface area contributed by atoms with E-state index < -0.39 is 6.09 Å². The number of carbonyl (C=O) groups is 1. The number of fused-ring (bicyclic) bond motifs is 1. The molecule has 1 amide bonds. The molecule has 1 aliphatic carbocycles. The van der Waals surface area contributed by atoms with E-state index in [4.69, 9.17) is 0 Å². The molecule has 4 rings (SSSR count). The summed E-state index contributed by atoms with van der Waals surface area (Å²) in [4.78, 5) is 17.8. The molecule has 154 valence electrons. The van der Waals surface area contributed by atoms with Gasteiger partial charge in [0.2, 0.25) is 0 Å². The summed E-state index contributed by atoms with van der Waals surface area (Å²) in [6.45, 7) is 4.36. The van der Waals surface area contributed by atoms with Crippen LogP contribution >= 0.6 is 0 Å². The van der Waals surface area contributed by atoms with Crippen LogP contribution in [0.2, 0.25) is 0 Å². The van der Waals surface area contributed by atoms with Crippen LogP contribution in [0.4, 0.5) is 10.5 Å². The molecular weight excluding hydrogens is 374 g/mol. The van der Waals surface area contributed by atoms with Crippen LogP contribution in [0, 0.1) is 0 Å². The monoisotopic (exact) mass is 401 g/mol. The number of amides is 1. The quantitative estimate of drug-likeness (QED) is 0.549. The van der Waals surface area contributed by atoms with Crippen molar-refractivity contribution >= 4 is 28.6 Å². The molecule has 0 bridgehead atoms. The fourth-order valence-electron chi connectivity index (χ4n) is 4.42. The lowest BCUT2D eigenvalue weighted by Crippen LogP contribution is -2.43. The summed E-state index contributed by atoms with van der Waals surface area (Å²) in [6, 6.07) is 16.4. The number of pyridine rings is 1. The van der Waals surface area contributed by atoms with Crippen molar-refractivity contribution in [1.29, 1.82) is 0 Å². The van der Waals surface area contributed by atoms with Crippen LogP contribution < -0.4 is 5.32 Å². The maximum absolute atomic E-state index is 11.9. The van der Waals surface area contributed by atoms with Gasteiger partial charge in [-0.25, -0.2) is 4.79 Å². The van der Waals surface area contributed by atoms with Crippen LogP contribution in [0.1, 0.15) is 36.8 Å². The average Bonchev–Trinajstić information content (AvgIpc) is 2.78. The minimum Gasteiger partial charge on any atom is -0.465 e. The van der Waals surface area contributed by atoms with Crippen molar-refractivity contribution in [2.45, 2.75) is 44.3 Å². The predicted octanol–water partition coefficient (Wildman–Crippen LogP) is 5.78. The van der Waals surface area contributed by atoms with Crippen molar-refractivity contribution in [1.82, 2.24) is 9.88 Å². The lowest BCUT2D eigenvalue weighted by Gasteiger charge is -2.36. The fourth-order valence-corrected chi connectivity index (χ4v) is 4.42. The van der Waals surface area contributed by atoms with Gasteiger partial charge in [-0.15, -0.1) is 0 Å². The van der Waals surface area contributed by atoms with Crippen molar-refractivity contribution < 1.29 is 9.90 Å².